The number of hydrogen-bond acceptors (Lipinski definition) is 3. The van der Waals surface area contributed by atoms with Crippen molar-refractivity contribution in [3.8, 4) is 5.75 Å². The minimum Gasteiger partial charge on any atom is -0.508 e. The summed E-state index contributed by atoms with van der Waals surface area (Å²) in [6, 6.07) is 5.72. The number of phenolic OH excluding ortho intramolecular Hbond substituents is 1. The van der Waals surface area contributed by atoms with E-state index in [9.17, 15) is 9.90 Å². The van der Waals surface area contributed by atoms with Crippen LogP contribution >= 0.6 is 0 Å². The number of rotatable bonds is 3. The van der Waals surface area contributed by atoms with Crippen LogP contribution in [0, 0.1) is 0 Å². The lowest BCUT2D eigenvalue weighted by Crippen LogP contribution is -2.19. The Hall–Kier alpha value is -1.60. The lowest BCUT2D eigenvalue weighted by molar-refractivity contribution is 0.408. The van der Waals surface area contributed by atoms with Crippen LogP contribution in [0.5, 0.6) is 5.75 Å². The van der Waals surface area contributed by atoms with Crippen molar-refractivity contribution in [2.24, 2.45) is 4.99 Å². The molecule has 1 fully saturated rings. The maximum absolute atomic E-state index is 10.7. The number of carbonyl (C=O) groups excluding carboxylic acids is 1. The second-order valence-corrected chi connectivity index (χ2v) is 5.37. The van der Waals surface area contributed by atoms with Crippen LogP contribution in [-0.2, 0) is 10.3 Å². The molecule has 0 aliphatic heterocycles. The fraction of sp³-hybridized carbons (Fsp3) is 0.533. The van der Waals surface area contributed by atoms with Gasteiger partial charge in [-0.1, -0.05) is 38.8 Å². The Morgan fingerprint density at radius 3 is 2.50 bits per heavy atom. The van der Waals surface area contributed by atoms with Crippen molar-refractivity contribution >= 4 is 6.08 Å². The molecule has 96 valence electrons. The maximum atomic E-state index is 10.7. The molecule has 0 aromatic heterocycles. The molecule has 3 heteroatoms. The van der Waals surface area contributed by atoms with E-state index in [-0.39, 0.29) is 5.75 Å². The summed E-state index contributed by atoms with van der Waals surface area (Å²) in [5, 5.41) is 10.2. The second-order valence-electron chi connectivity index (χ2n) is 5.37. The van der Waals surface area contributed by atoms with Crippen LogP contribution in [0.2, 0.25) is 0 Å². The Balaban J connectivity index is 2.46. The zero-order valence-electron chi connectivity index (χ0n) is 10.9. The minimum atomic E-state index is -0.540. The van der Waals surface area contributed by atoms with Gasteiger partial charge < -0.3 is 5.11 Å². The summed E-state index contributed by atoms with van der Waals surface area (Å²) in [6.45, 7) is 4.17. The van der Waals surface area contributed by atoms with Crippen LogP contribution < -0.4 is 0 Å². The molecule has 0 radical (unpaired) electrons. The van der Waals surface area contributed by atoms with Crippen LogP contribution in [-0.4, -0.2) is 11.2 Å². The number of aliphatic imine (C=N–C) groups is 1. The summed E-state index contributed by atoms with van der Waals surface area (Å²) in [7, 11) is 0. The average molecular weight is 245 g/mol. The molecule has 18 heavy (non-hydrogen) atoms. The molecule has 0 saturated heterocycles. The van der Waals surface area contributed by atoms with Gasteiger partial charge in [-0.15, -0.1) is 0 Å². The van der Waals surface area contributed by atoms with Crippen molar-refractivity contribution in [3.63, 3.8) is 0 Å². The highest BCUT2D eigenvalue weighted by Gasteiger charge is 2.37. The Labute approximate surface area is 108 Å². The van der Waals surface area contributed by atoms with Crippen molar-refractivity contribution in [2.45, 2.75) is 51.0 Å². The third-order valence-corrected chi connectivity index (χ3v) is 3.88. The smallest absolute Gasteiger partial charge is 0.235 e. The molecule has 0 amide bonds. The highest BCUT2D eigenvalue weighted by atomic mass is 16.3. The predicted molar refractivity (Wildman–Crippen MR) is 70.5 cm³/mol. The van der Waals surface area contributed by atoms with Crippen LogP contribution in [0.1, 0.15) is 56.6 Å². The summed E-state index contributed by atoms with van der Waals surface area (Å²) < 4.78 is 0. The Bertz CT molecular complexity index is 481. The Morgan fingerprint density at radius 1 is 1.33 bits per heavy atom. The van der Waals surface area contributed by atoms with Gasteiger partial charge in [0.25, 0.3) is 0 Å². The number of phenols is 1. The van der Waals surface area contributed by atoms with E-state index >= 15 is 0 Å². The fourth-order valence-electron chi connectivity index (χ4n) is 2.79. The van der Waals surface area contributed by atoms with Crippen molar-refractivity contribution < 1.29 is 9.90 Å². The lowest BCUT2D eigenvalue weighted by atomic mass is 9.86. The van der Waals surface area contributed by atoms with Gasteiger partial charge in [-0.2, -0.15) is 4.99 Å². The quantitative estimate of drug-likeness (QED) is 0.653. The normalized spacial score (nSPS) is 17.7. The first-order valence-corrected chi connectivity index (χ1v) is 6.51. The Kier molecular flexibility index (Phi) is 3.53. The van der Waals surface area contributed by atoms with Crippen molar-refractivity contribution in [2.75, 3.05) is 0 Å². The van der Waals surface area contributed by atoms with Gasteiger partial charge in [0.05, 0.1) is 0 Å². The predicted octanol–water partition coefficient (Wildman–Crippen LogP) is 3.62. The summed E-state index contributed by atoms with van der Waals surface area (Å²) in [6.07, 6.45) is 5.39. The van der Waals surface area contributed by atoms with Crippen LogP contribution in [0.15, 0.2) is 23.2 Å². The van der Waals surface area contributed by atoms with E-state index in [1.165, 1.54) is 0 Å². The summed E-state index contributed by atoms with van der Waals surface area (Å²) in [5.41, 5.74) is 1.33. The van der Waals surface area contributed by atoms with Gasteiger partial charge in [-0.3, -0.25) is 0 Å². The topological polar surface area (TPSA) is 49.7 Å². The van der Waals surface area contributed by atoms with E-state index in [1.54, 1.807) is 12.1 Å². The molecular formula is C15H19NO2. The fourth-order valence-corrected chi connectivity index (χ4v) is 2.79. The molecule has 0 unspecified atom stereocenters. The van der Waals surface area contributed by atoms with Gasteiger partial charge >= 0.3 is 0 Å². The van der Waals surface area contributed by atoms with Crippen LogP contribution in [0.25, 0.3) is 0 Å². The molecule has 0 spiro atoms. The summed E-state index contributed by atoms with van der Waals surface area (Å²) >= 11 is 0. The third-order valence-electron chi connectivity index (χ3n) is 3.88. The number of nitrogens with zero attached hydrogens (tertiary/aromatic N) is 1. The number of benzene rings is 1. The number of aromatic hydroxyl groups is 1. The van der Waals surface area contributed by atoms with E-state index in [0.29, 0.717) is 5.92 Å². The van der Waals surface area contributed by atoms with E-state index < -0.39 is 5.54 Å². The Morgan fingerprint density at radius 2 is 2.00 bits per heavy atom. The molecule has 1 aromatic carbocycles. The van der Waals surface area contributed by atoms with Gasteiger partial charge in [0.15, 0.2) is 0 Å². The standard InChI is InChI=1S/C15H19NO2/c1-11(2)12-5-6-13(14(18)9-12)15(16-10-17)7-3-4-8-15/h5-6,9,11,18H,3-4,7-8H2,1-2H3. The van der Waals surface area contributed by atoms with Gasteiger partial charge in [-0.25, -0.2) is 4.79 Å². The molecule has 1 aromatic rings. The number of isocyanates is 1. The lowest BCUT2D eigenvalue weighted by Gasteiger charge is -2.24. The summed E-state index contributed by atoms with van der Waals surface area (Å²) in [4.78, 5) is 14.6. The van der Waals surface area contributed by atoms with E-state index in [2.05, 4.69) is 18.8 Å². The molecule has 3 nitrogen and oxygen atoms in total. The minimum absolute atomic E-state index is 0.252. The maximum Gasteiger partial charge on any atom is 0.235 e. The highest BCUT2D eigenvalue weighted by molar-refractivity contribution is 5.46. The molecule has 0 bridgehead atoms. The van der Waals surface area contributed by atoms with Crippen molar-refractivity contribution in [3.05, 3.63) is 29.3 Å². The molecule has 2 rings (SSSR count). The first-order chi connectivity index (χ1) is 8.59. The van der Waals surface area contributed by atoms with E-state index in [0.717, 1.165) is 36.8 Å². The average Bonchev–Trinajstić information content (AvgIpc) is 2.78. The van der Waals surface area contributed by atoms with E-state index in [1.807, 2.05) is 12.1 Å². The monoisotopic (exact) mass is 245 g/mol. The largest absolute Gasteiger partial charge is 0.508 e. The molecule has 0 heterocycles. The second kappa shape index (κ2) is 4.95. The molecule has 1 saturated carbocycles. The first-order valence-electron chi connectivity index (χ1n) is 6.51. The van der Waals surface area contributed by atoms with Crippen molar-refractivity contribution in [1.29, 1.82) is 0 Å². The van der Waals surface area contributed by atoms with Gasteiger partial charge in [0.2, 0.25) is 6.08 Å². The van der Waals surface area contributed by atoms with E-state index in [4.69, 9.17) is 0 Å². The molecular weight excluding hydrogens is 226 g/mol. The summed E-state index contributed by atoms with van der Waals surface area (Å²) in [5.74, 6) is 0.626. The highest BCUT2D eigenvalue weighted by Crippen LogP contribution is 2.45. The number of hydrogen-bond donors (Lipinski definition) is 1. The molecule has 0 atom stereocenters. The molecule has 1 aliphatic rings. The molecule has 1 aliphatic carbocycles. The van der Waals surface area contributed by atoms with Gasteiger partial charge in [0, 0.05) is 5.56 Å². The zero-order chi connectivity index (χ0) is 13.2. The molecule has 1 N–H and O–H groups in total. The van der Waals surface area contributed by atoms with Crippen molar-refractivity contribution in [1.82, 2.24) is 0 Å². The van der Waals surface area contributed by atoms with Gasteiger partial charge in [0.1, 0.15) is 11.3 Å². The third kappa shape index (κ3) is 2.19. The first kappa shape index (κ1) is 12.8. The van der Waals surface area contributed by atoms with Gasteiger partial charge in [-0.05, 0) is 30.4 Å². The van der Waals surface area contributed by atoms with Crippen LogP contribution in [0.4, 0.5) is 0 Å². The zero-order valence-corrected chi connectivity index (χ0v) is 10.9. The SMILES string of the molecule is CC(C)c1ccc(C2(N=C=O)CCCC2)c(O)c1. The van der Waals surface area contributed by atoms with Crippen LogP contribution in [0.3, 0.4) is 0 Å².